The quantitative estimate of drug-likeness (QED) is 0.715. The fraction of sp³-hybridized carbons (Fsp3) is 0.917. The van der Waals surface area contributed by atoms with Gasteiger partial charge in [-0.1, -0.05) is 27.2 Å². The van der Waals surface area contributed by atoms with Crippen molar-refractivity contribution < 1.29 is 0 Å². The summed E-state index contributed by atoms with van der Waals surface area (Å²) in [7, 11) is 0. The van der Waals surface area contributed by atoms with Crippen LogP contribution in [0.25, 0.3) is 0 Å². The zero-order valence-corrected chi connectivity index (χ0v) is 10.5. The Morgan fingerprint density at radius 2 is 1.47 bits per heavy atom. The molecule has 1 fully saturated rings. The van der Waals surface area contributed by atoms with Crippen molar-refractivity contribution in [2.24, 2.45) is 0 Å². The monoisotopic (exact) mass is 211 g/mol. The molecule has 0 aromatic carbocycles. The summed E-state index contributed by atoms with van der Waals surface area (Å²) in [5.74, 6) is 0. The Kier molecular flexibility index (Phi) is 9.55. The van der Waals surface area contributed by atoms with E-state index in [-0.39, 0.29) is 0 Å². The molecule has 15 heavy (non-hydrogen) atoms. The predicted octanol–water partition coefficient (Wildman–Crippen LogP) is 1.95. The largest absolute Gasteiger partial charge is 0.301 e. The fourth-order valence-electron chi connectivity index (χ4n) is 1.54. The van der Waals surface area contributed by atoms with Crippen molar-refractivity contribution in [3.8, 4) is 6.07 Å². The van der Waals surface area contributed by atoms with Gasteiger partial charge in [0, 0.05) is 39.1 Å². The highest BCUT2D eigenvalue weighted by Gasteiger charge is 2.13. The molecule has 0 aliphatic carbocycles. The van der Waals surface area contributed by atoms with Gasteiger partial charge in [-0.05, 0) is 6.54 Å². The molecule has 0 atom stereocenters. The molecule has 1 aliphatic rings. The summed E-state index contributed by atoms with van der Waals surface area (Å²) < 4.78 is 0. The number of hydrogen-bond acceptors (Lipinski definition) is 3. The number of likely N-dealkylation sites (N-methyl/N-ethyl adjacent to an activating group) is 1. The highest BCUT2D eigenvalue weighted by atomic mass is 15.3. The van der Waals surface area contributed by atoms with E-state index in [1.54, 1.807) is 0 Å². The first-order valence-corrected chi connectivity index (χ1v) is 6.10. The Morgan fingerprint density at radius 3 is 1.87 bits per heavy atom. The summed E-state index contributed by atoms with van der Waals surface area (Å²) in [6, 6.07) is 2.18. The van der Waals surface area contributed by atoms with Gasteiger partial charge < -0.3 is 4.90 Å². The SMILES string of the molecule is CCC.CCN1CCN(CCC#N)CC1. The molecule has 0 N–H and O–H groups in total. The zero-order chi connectivity index (χ0) is 11.5. The van der Waals surface area contributed by atoms with E-state index in [0.29, 0.717) is 6.42 Å². The molecule has 0 amide bonds. The van der Waals surface area contributed by atoms with Crippen LogP contribution in [-0.2, 0) is 0 Å². The first-order valence-electron chi connectivity index (χ1n) is 6.10. The first kappa shape index (κ1) is 14.4. The van der Waals surface area contributed by atoms with Crippen LogP contribution in [0.3, 0.4) is 0 Å². The second-order valence-corrected chi connectivity index (χ2v) is 3.89. The Hall–Kier alpha value is -0.590. The van der Waals surface area contributed by atoms with Crippen LogP contribution >= 0.6 is 0 Å². The van der Waals surface area contributed by atoms with Crippen LogP contribution in [0.4, 0.5) is 0 Å². The molecule has 3 heteroatoms. The molecule has 0 spiro atoms. The van der Waals surface area contributed by atoms with Crippen LogP contribution in [0.5, 0.6) is 0 Å². The standard InChI is InChI=1S/C9H17N3.C3H8/c1-2-11-6-8-12(9-7-11)5-3-4-10;1-3-2/h2-3,5-9H2,1H3;3H2,1-2H3. The maximum absolute atomic E-state index is 8.41. The number of hydrogen-bond donors (Lipinski definition) is 0. The van der Waals surface area contributed by atoms with Gasteiger partial charge in [0.25, 0.3) is 0 Å². The van der Waals surface area contributed by atoms with Crippen molar-refractivity contribution in [1.82, 2.24) is 9.80 Å². The summed E-state index contributed by atoms with van der Waals surface area (Å²) >= 11 is 0. The Labute approximate surface area is 94.7 Å². The van der Waals surface area contributed by atoms with Crippen molar-refractivity contribution in [2.75, 3.05) is 39.3 Å². The van der Waals surface area contributed by atoms with Gasteiger partial charge in [-0.25, -0.2) is 0 Å². The summed E-state index contributed by atoms with van der Waals surface area (Å²) in [4.78, 5) is 4.82. The third kappa shape index (κ3) is 7.35. The second-order valence-electron chi connectivity index (χ2n) is 3.89. The third-order valence-corrected chi connectivity index (χ3v) is 2.45. The molecule has 0 aromatic heterocycles. The Bertz CT molecular complexity index is 166. The van der Waals surface area contributed by atoms with Gasteiger partial charge in [0.15, 0.2) is 0 Å². The van der Waals surface area contributed by atoms with E-state index in [1.165, 1.54) is 19.5 Å². The molecular formula is C12H25N3. The van der Waals surface area contributed by atoms with Crippen molar-refractivity contribution in [3.05, 3.63) is 0 Å². The molecule has 1 aliphatic heterocycles. The number of piperazine rings is 1. The van der Waals surface area contributed by atoms with Gasteiger partial charge >= 0.3 is 0 Å². The lowest BCUT2D eigenvalue weighted by Crippen LogP contribution is -2.46. The van der Waals surface area contributed by atoms with Gasteiger partial charge in [-0.3, -0.25) is 4.90 Å². The number of rotatable bonds is 3. The smallest absolute Gasteiger partial charge is 0.0635 e. The maximum Gasteiger partial charge on any atom is 0.0635 e. The molecule has 1 heterocycles. The molecule has 0 unspecified atom stereocenters. The molecule has 0 saturated carbocycles. The Morgan fingerprint density at radius 1 is 1.00 bits per heavy atom. The topological polar surface area (TPSA) is 30.3 Å². The van der Waals surface area contributed by atoms with Crippen molar-refractivity contribution in [1.29, 1.82) is 5.26 Å². The molecule has 3 nitrogen and oxygen atoms in total. The third-order valence-electron chi connectivity index (χ3n) is 2.45. The molecular weight excluding hydrogens is 186 g/mol. The average molecular weight is 211 g/mol. The second kappa shape index (κ2) is 9.95. The average Bonchev–Trinajstić information content (AvgIpc) is 2.28. The van der Waals surface area contributed by atoms with Crippen molar-refractivity contribution in [3.63, 3.8) is 0 Å². The summed E-state index contributed by atoms with van der Waals surface area (Å²) in [5, 5.41) is 8.41. The molecule has 0 radical (unpaired) electrons. The number of nitriles is 1. The maximum atomic E-state index is 8.41. The highest BCUT2D eigenvalue weighted by molar-refractivity contribution is 4.76. The normalized spacial score (nSPS) is 17.7. The van der Waals surface area contributed by atoms with Gasteiger partial charge in [0.2, 0.25) is 0 Å². The minimum Gasteiger partial charge on any atom is -0.301 e. The first-order chi connectivity index (χ1) is 7.28. The summed E-state index contributed by atoms with van der Waals surface area (Å²) in [5.41, 5.74) is 0. The van der Waals surface area contributed by atoms with Crippen LogP contribution in [0.1, 0.15) is 33.6 Å². The van der Waals surface area contributed by atoms with Crippen LogP contribution in [0.15, 0.2) is 0 Å². The molecule has 88 valence electrons. The van der Waals surface area contributed by atoms with Crippen LogP contribution < -0.4 is 0 Å². The minimum atomic E-state index is 0.673. The van der Waals surface area contributed by atoms with Gasteiger partial charge in [0.1, 0.15) is 0 Å². The lowest BCUT2D eigenvalue weighted by atomic mass is 10.3. The van der Waals surface area contributed by atoms with Crippen LogP contribution in [0, 0.1) is 11.3 Å². The van der Waals surface area contributed by atoms with Gasteiger partial charge in [0.05, 0.1) is 6.07 Å². The van der Waals surface area contributed by atoms with E-state index in [2.05, 4.69) is 36.6 Å². The van der Waals surface area contributed by atoms with Crippen molar-refractivity contribution in [2.45, 2.75) is 33.6 Å². The lowest BCUT2D eigenvalue weighted by Gasteiger charge is -2.33. The fourth-order valence-corrected chi connectivity index (χ4v) is 1.54. The van der Waals surface area contributed by atoms with E-state index in [9.17, 15) is 0 Å². The van der Waals surface area contributed by atoms with E-state index in [1.807, 2.05) is 0 Å². The van der Waals surface area contributed by atoms with E-state index in [4.69, 9.17) is 5.26 Å². The van der Waals surface area contributed by atoms with E-state index < -0.39 is 0 Å². The Balaban J connectivity index is 0.000000583. The van der Waals surface area contributed by atoms with Gasteiger partial charge in [-0.15, -0.1) is 0 Å². The lowest BCUT2D eigenvalue weighted by molar-refractivity contribution is 0.139. The van der Waals surface area contributed by atoms with Crippen LogP contribution in [-0.4, -0.2) is 49.1 Å². The highest BCUT2D eigenvalue weighted by Crippen LogP contribution is 2.00. The van der Waals surface area contributed by atoms with Crippen LogP contribution in [0.2, 0.25) is 0 Å². The zero-order valence-electron chi connectivity index (χ0n) is 10.5. The molecule has 0 aromatic rings. The molecule has 0 bridgehead atoms. The predicted molar refractivity (Wildman–Crippen MR) is 64.7 cm³/mol. The molecule has 1 saturated heterocycles. The van der Waals surface area contributed by atoms with E-state index >= 15 is 0 Å². The van der Waals surface area contributed by atoms with Gasteiger partial charge in [-0.2, -0.15) is 5.26 Å². The summed E-state index contributed by atoms with van der Waals surface area (Å²) in [6.45, 7) is 13.2. The minimum absolute atomic E-state index is 0.673. The van der Waals surface area contributed by atoms with Crippen molar-refractivity contribution >= 4 is 0 Å². The summed E-state index contributed by atoms with van der Waals surface area (Å²) in [6.07, 6.45) is 1.92. The molecule has 1 rings (SSSR count). The van der Waals surface area contributed by atoms with E-state index in [0.717, 1.165) is 26.2 Å². The number of nitrogens with zero attached hydrogens (tertiary/aromatic N) is 3.